The van der Waals surface area contributed by atoms with E-state index in [0.29, 0.717) is 11.4 Å². The first-order valence-electron chi connectivity index (χ1n) is 6.81. The molecule has 1 aromatic carbocycles. The van der Waals surface area contributed by atoms with Crippen molar-refractivity contribution in [3.05, 3.63) is 34.9 Å². The van der Waals surface area contributed by atoms with Crippen molar-refractivity contribution in [2.45, 2.75) is 31.4 Å². The number of ether oxygens (including phenoxy) is 1. The van der Waals surface area contributed by atoms with E-state index in [1.165, 1.54) is 12.0 Å². The molecular formula is C15H18ClNO4. The number of methoxy groups -OCH3 is 1. The second kappa shape index (κ2) is 6.91. The highest BCUT2D eigenvalue weighted by Gasteiger charge is 2.39. The molecule has 2 atom stereocenters. The molecule has 0 spiro atoms. The van der Waals surface area contributed by atoms with Crippen LogP contribution in [0.1, 0.15) is 18.4 Å². The number of amides is 1. The summed E-state index contributed by atoms with van der Waals surface area (Å²) in [6, 6.07) is 6.65. The number of aliphatic hydroxyl groups excluding tert-OH is 1. The van der Waals surface area contributed by atoms with Gasteiger partial charge in [0.2, 0.25) is 5.91 Å². The highest BCUT2D eigenvalue weighted by molar-refractivity contribution is 6.31. The topological polar surface area (TPSA) is 66.8 Å². The minimum atomic E-state index is -0.691. The minimum absolute atomic E-state index is 0.168. The van der Waals surface area contributed by atoms with Gasteiger partial charge in [0.05, 0.1) is 13.2 Å². The van der Waals surface area contributed by atoms with E-state index in [1.54, 1.807) is 6.07 Å². The van der Waals surface area contributed by atoms with Crippen molar-refractivity contribution in [2.75, 3.05) is 13.7 Å². The number of benzene rings is 1. The van der Waals surface area contributed by atoms with E-state index >= 15 is 0 Å². The molecule has 1 aromatic rings. The summed E-state index contributed by atoms with van der Waals surface area (Å²) < 4.78 is 4.68. The molecule has 1 aliphatic rings. The molecule has 1 fully saturated rings. The first-order chi connectivity index (χ1) is 10.0. The van der Waals surface area contributed by atoms with E-state index < -0.39 is 18.1 Å². The predicted octanol–water partition coefficient (Wildman–Crippen LogP) is 1.41. The van der Waals surface area contributed by atoms with Crippen molar-refractivity contribution < 1.29 is 19.4 Å². The number of aliphatic hydroxyl groups is 1. The molecule has 1 amide bonds. The minimum Gasteiger partial charge on any atom is -0.467 e. The number of carbonyl (C=O) groups is 2. The fourth-order valence-corrected chi connectivity index (χ4v) is 2.77. The number of rotatable bonds is 4. The van der Waals surface area contributed by atoms with Crippen LogP contribution in [0.4, 0.5) is 0 Å². The highest BCUT2D eigenvalue weighted by atomic mass is 35.5. The van der Waals surface area contributed by atoms with Gasteiger partial charge in [-0.3, -0.25) is 4.79 Å². The van der Waals surface area contributed by atoms with Gasteiger partial charge in [0.15, 0.2) is 0 Å². The molecule has 2 unspecified atom stereocenters. The zero-order valence-electron chi connectivity index (χ0n) is 11.8. The van der Waals surface area contributed by atoms with Crippen LogP contribution in [-0.2, 0) is 20.7 Å². The zero-order valence-corrected chi connectivity index (χ0v) is 12.5. The Morgan fingerprint density at radius 1 is 1.43 bits per heavy atom. The van der Waals surface area contributed by atoms with Gasteiger partial charge in [-0.2, -0.15) is 0 Å². The highest BCUT2D eigenvalue weighted by Crippen LogP contribution is 2.22. The Balaban J connectivity index is 1.99. The summed E-state index contributed by atoms with van der Waals surface area (Å²) in [5, 5.41) is 10.3. The largest absolute Gasteiger partial charge is 0.467 e. The fourth-order valence-electron chi connectivity index (χ4n) is 2.54. The lowest BCUT2D eigenvalue weighted by atomic mass is 10.1. The number of nitrogens with zero attached hydrogens (tertiary/aromatic N) is 1. The van der Waals surface area contributed by atoms with E-state index in [-0.39, 0.29) is 25.3 Å². The molecule has 0 bridgehead atoms. The lowest BCUT2D eigenvalue weighted by Crippen LogP contribution is -2.41. The molecule has 1 heterocycles. The first kappa shape index (κ1) is 15.8. The average Bonchev–Trinajstić information content (AvgIpc) is 2.87. The lowest BCUT2D eigenvalue weighted by Gasteiger charge is -2.22. The van der Waals surface area contributed by atoms with Gasteiger partial charge in [0.25, 0.3) is 0 Å². The first-order valence-corrected chi connectivity index (χ1v) is 7.19. The second-order valence-corrected chi connectivity index (χ2v) is 5.47. The van der Waals surface area contributed by atoms with Crippen LogP contribution in [0.5, 0.6) is 0 Å². The zero-order chi connectivity index (χ0) is 15.4. The molecule has 1 saturated heterocycles. The predicted molar refractivity (Wildman–Crippen MR) is 77.9 cm³/mol. The third kappa shape index (κ3) is 3.74. The monoisotopic (exact) mass is 311 g/mol. The molecule has 5 nitrogen and oxygen atoms in total. The van der Waals surface area contributed by atoms with Crippen LogP contribution in [-0.4, -0.2) is 47.7 Å². The van der Waals surface area contributed by atoms with Gasteiger partial charge in [-0.1, -0.05) is 29.8 Å². The van der Waals surface area contributed by atoms with E-state index in [1.807, 2.05) is 18.2 Å². The van der Waals surface area contributed by atoms with Gasteiger partial charge >= 0.3 is 5.97 Å². The SMILES string of the molecule is COC(=O)C1CC(O)CN1C(=O)CCc1ccccc1Cl. The van der Waals surface area contributed by atoms with E-state index in [2.05, 4.69) is 4.74 Å². The molecule has 0 aliphatic carbocycles. The fraction of sp³-hybridized carbons (Fsp3) is 0.467. The van der Waals surface area contributed by atoms with Crippen molar-refractivity contribution in [3.8, 4) is 0 Å². The van der Waals surface area contributed by atoms with Crippen LogP contribution in [0, 0.1) is 0 Å². The van der Waals surface area contributed by atoms with Gasteiger partial charge in [-0.25, -0.2) is 4.79 Å². The lowest BCUT2D eigenvalue weighted by molar-refractivity contribution is -0.150. The Labute approximate surface area is 128 Å². The number of aryl methyl sites for hydroxylation is 1. The summed E-state index contributed by atoms with van der Waals surface area (Å²) >= 11 is 6.05. The molecule has 2 rings (SSSR count). The molecule has 0 aromatic heterocycles. The molecule has 0 saturated carbocycles. The maximum absolute atomic E-state index is 12.3. The van der Waals surface area contributed by atoms with Gasteiger partial charge in [0, 0.05) is 24.4 Å². The molecule has 0 radical (unpaired) electrons. The van der Waals surface area contributed by atoms with Crippen molar-refractivity contribution in [3.63, 3.8) is 0 Å². The van der Waals surface area contributed by atoms with E-state index in [0.717, 1.165) is 5.56 Å². The van der Waals surface area contributed by atoms with Crippen LogP contribution in [0.25, 0.3) is 0 Å². The van der Waals surface area contributed by atoms with E-state index in [9.17, 15) is 14.7 Å². The number of halogens is 1. The maximum atomic E-state index is 12.3. The van der Waals surface area contributed by atoms with Crippen molar-refractivity contribution in [1.82, 2.24) is 4.90 Å². The third-order valence-corrected chi connectivity index (χ3v) is 4.01. The summed E-state index contributed by atoms with van der Waals surface area (Å²) in [5.74, 6) is -0.667. The molecule has 114 valence electrons. The summed E-state index contributed by atoms with van der Waals surface area (Å²) in [7, 11) is 1.28. The summed E-state index contributed by atoms with van der Waals surface area (Å²) in [4.78, 5) is 25.3. The summed E-state index contributed by atoms with van der Waals surface area (Å²) in [5.41, 5.74) is 0.891. The molecule has 21 heavy (non-hydrogen) atoms. The number of carbonyl (C=O) groups excluding carboxylic acids is 2. The van der Waals surface area contributed by atoms with Gasteiger partial charge < -0.3 is 14.7 Å². The average molecular weight is 312 g/mol. The van der Waals surface area contributed by atoms with Crippen LogP contribution in [0.2, 0.25) is 5.02 Å². The Morgan fingerprint density at radius 3 is 2.81 bits per heavy atom. The normalized spacial score (nSPS) is 21.4. The maximum Gasteiger partial charge on any atom is 0.328 e. The van der Waals surface area contributed by atoms with Crippen LogP contribution < -0.4 is 0 Å². The van der Waals surface area contributed by atoms with Gasteiger partial charge in [0.1, 0.15) is 6.04 Å². The van der Waals surface area contributed by atoms with Crippen LogP contribution in [0.15, 0.2) is 24.3 Å². The number of β-amino-alcohol motifs (C(OH)–C–C–N with tert-alkyl or cyclic N) is 1. The molecule has 1 N–H and O–H groups in total. The Kier molecular flexibility index (Phi) is 5.20. The third-order valence-electron chi connectivity index (χ3n) is 3.64. The number of esters is 1. The smallest absolute Gasteiger partial charge is 0.328 e. The van der Waals surface area contributed by atoms with Crippen molar-refractivity contribution in [2.24, 2.45) is 0 Å². The second-order valence-electron chi connectivity index (χ2n) is 5.07. The summed E-state index contributed by atoms with van der Waals surface area (Å²) in [6.07, 6.45) is 0.284. The van der Waals surface area contributed by atoms with Gasteiger partial charge in [-0.15, -0.1) is 0 Å². The Morgan fingerprint density at radius 2 is 2.14 bits per heavy atom. The number of hydrogen-bond acceptors (Lipinski definition) is 4. The van der Waals surface area contributed by atoms with E-state index in [4.69, 9.17) is 11.6 Å². The van der Waals surface area contributed by atoms with Crippen LogP contribution >= 0.6 is 11.6 Å². The van der Waals surface area contributed by atoms with Crippen molar-refractivity contribution >= 4 is 23.5 Å². The quantitative estimate of drug-likeness (QED) is 0.854. The molecular weight excluding hydrogens is 294 g/mol. The molecule has 1 aliphatic heterocycles. The standard InChI is InChI=1S/C15H18ClNO4/c1-21-15(20)13-8-11(18)9-17(13)14(19)7-6-10-4-2-3-5-12(10)16/h2-5,11,13,18H,6-9H2,1H3. The van der Waals surface area contributed by atoms with Gasteiger partial charge in [-0.05, 0) is 18.1 Å². The number of hydrogen-bond donors (Lipinski definition) is 1. The Bertz CT molecular complexity index is 534. The number of likely N-dealkylation sites (tertiary alicyclic amines) is 1. The Hall–Kier alpha value is -1.59. The van der Waals surface area contributed by atoms with Crippen molar-refractivity contribution in [1.29, 1.82) is 0 Å². The van der Waals surface area contributed by atoms with Crippen LogP contribution in [0.3, 0.4) is 0 Å². The summed E-state index contributed by atoms with van der Waals surface area (Å²) in [6.45, 7) is 0.168. The molecule has 6 heteroatoms.